The molecule has 2 aromatic rings. The normalized spacial score (nSPS) is 14.7. The Morgan fingerprint density at radius 2 is 1.74 bits per heavy atom. The van der Waals surface area contributed by atoms with Crippen LogP contribution >= 0.6 is 23.7 Å². The van der Waals surface area contributed by atoms with Gasteiger partial charge in [-0.1, -0.05) is 18.6 Å². The summed E-state index contributed by atoms with van der Waals surface area (Å²) in [5.74, 6) is 0. The lowest BCUT2D eigenvalue weighted by Gasteiger charge is -1.95. The van der Waals surface area contributed by atoms with E-state index in [2.05, 4.69) is 15.8 Å². The second-order valence-corrected chi connectivity index (χ2v) is 4.95. The standard InChI is InChI=1S/C8H5NOS.C5H12N2.ClH/c10-8-6-3-1-2-4-7(6)11-5-9-8;1-2-4-6-7-5-3-1;/h1-5H;6-7H,1-5H2;1H. The van der Waals surface area contributed by atoms with Gasteiger partial charge in [-0.05, 0) is 25.0 Å². The zero-order chi connectivity index (χ0) is 12.6. The van der Waals surface area contributed by atoms with E-state index in [4.69, 9.17) is 0 Å². The van der Waals surface area contributed by atoms with Crippen LogP contribution in [-0.2, 0) is 0 Å². The number of hydrazine groups is 1. The summed E-state index contributed by atoms with van der Waals surface area (Å²) in [4.78, 5) is 14.7. The molecule has 0 radical (unpaired) electrons. The molecule has 104 valence electrons. The fraction of sp³-hybridized carbons (Fsp3) is 0.385. The largest absolute Gasteiger partial charge is 0.279 e. The summed E-state index contributed by atoms with van der Waals surface area (Å²) < 4.78 is 0.993. The van der Waals surface area contributed by atoms with Gasteiger partial charge in [-0.2, -0.15) is 0 Å². The topological polar surface area (TPSA) is 54.0 Å². The molecule has 1 fully saturated rings. The van der Waals surface area contributed by atoms with Gasteiger partial charge in [0.2, 0.25) is 0 Å². The summed E-state index contributed by atoms with van der Waals surface area (Å²) in [6, 6.07) is 7.47. The second kappa shape index (κ2) is 8.98. The van der Waals surface area contributed by atoms with Crippen LogP contribution in [0, 0.1) is 0 Å². The average Bonchev–Trinajstić information content (AvgIpc) is 2.72. The number of nitrogens with zero attached hydrogens (tertiary/aromatic N) is 1. The monoisotopic (exact) mass is 299 g/mol. The quantitative estimate of drug-likeness (QED) is 0.784. The lowest BCUT2D eigenvalue weighted by atomic mass is 10.2. The lowest BCUT2D eigenvalue weighted by Crippen LogP contribution is -2.30. The summed E-state index contributed by atoms with van der Waals surface area (Å²) in [5.41, 5.74) is 7.63. The van der Waals surface area contributed by atoms with Gasteiger partial charge in [-0.25, -0.2) is 4.98 Å². The Morgan fingerprint density at radius 1 is 1.05 bits per heavy atom. The van der Waals surface area contributed by atoms with E-state index in [1.807, 2.05) is 18.2 Å². The third-order valence-electron chi connectivity index (χ3n) is 2.70. The average molecular weight is 300 g/mol. The molecule has 1 aliphatic heterocycles. The van der Waals surface area contributed by atoms with E-state index in [9.17, 15) is 4.79 Å². The van der Waals surface area contributed by atoms with Crippen LogP contribution in [0.15, 0.2) is 34.6 Å². The number of rotatable bonds is 0. The van der Waals surface area contributed by atoms with Gasteiger partial charge in [0.15, 0.2) is 0 Å². The maximum atomic E-state index is 11.1. The molecule has 19 heavy (non-hydrogen) atoms. The molecule has 6 heteroatoms. The molecular formula is C13H18ClN3OS. The van der Waals surface area contributed by atoms with Crippen molar-refractivity contribution >= 4 is 33.8 Å². The highest BCUT2D eigenvalue weighted by atomic mass is 35.5. The van der Waals surface area contributed by atoms with E-state index in [1.54, 1.807) is 11.6 Å². The minimum atomic E-state index is -0.139. The van der Waals surface area contributed by atoms with Gasteiger partial charge in [0, 0.05) is 17.8 Å². The predicted octanol–water partition coefficient (Wildman–Crippen LogP) is 2.34. The van der Waals surface area contributed by atoms with E-state index in [-0.39, 0.29) is 18.0 Å². The molecule has 0 saturated carbocycles. The van der Waals surface area contributed by atoms with Gasteiger partial charge < -0.3 is 0 Å². The zero-order valence-corrected chi connectivity index (χ0v) is 12.2. The van der Waals surface area contributed by atoms with E-state index in [0.717, 1.165) is 17.8 Å². The number of aromatic nitrogens is 1. The summed E-state index contributed by atoms with van der Waals surface area (Å²) in [6.45, 7) is 2.28. The fourth-order valence-electron chi connectivity index (χ4n) is 1.73. The first kappa shape index (κ1) is 16.0. The Hall–Kier alpha value is -1.01. The minimum Gasteiger partial charge on any atom is -0.267 e. The van der Waals surface area contributed by atoms with Crippen molar-refractivity contribution in [3.63, 3.8) is 0 Å². The van der Waals surface area contributed by atoms with Crippen molar-refractivity contribution in [3.8, 4) is 0 Å². The van der Waals surface area contributed by atoms with E-state index >= 15 is 0 Å². The molecule has 1 saturated heterocycles. The Bertz CT molecular complexity index is 521. The molecule has 0 atom stereocenters. The maximum Gasteiger partial charge on any atom is 0.279 e. The molecule has 0 bridgehead atoms. The molecule has 2 N–H and O–H groups in total. The fourth-order valence-corrected chi connectivity index (χ4v) is 2.43. The highest BCUT2D eigenvalue weighted by molar-refractivity contribution is 7.16. The van der Waals surface area contributed by atoms with Crippen LogP contribution in [0.1, 0.15) is 19.3 Å². The van der Waals surface area contributed by atoms with Crippen molar-refractivity contribution < 1.29 is 0 Å². The first-order chi connectivity index (χ1) is 8.88. The molecule has 1 aliphatic rings. The number of nitrogens with one attached hydrogen (secondary N) is 2. The molecule has 0 spiro atoms. The zero-order valence-electron chi connectivity index (χ0n) is 10.6. The number of fused-ring (bicyclic) bond motifs is 1. The first-order valence-electron chi connectivity index (χ1n) is 6.16. The number of halogens is 1. The van der Waals surface area contributed by atoms with Crippen molar-refractivity contribution in [2.24, 2.45) is 0 Å². The van der Waals surface area contributed by atoms with Gasteiger partial charge in [-0.3, -0.25) is 15.6 Å². The van der Waals surface area contributed by atoms with Crippen LogP contribution in [0.25, 0.3) is 10.1 Å². The Morgan fingerprint density at radius 3 is 2.42 bits per heavy atom. The predicted molar refractivity (Wildman–Crippen MR) is 83.0 cm³/mol. The van der Waals surface area contributed by atoms with E-state index in [0.29, 0.717) is 5.39 Å². The van der Waals surface area contributed by atoms with E-state index in [1.165, 1.54) is 30.6 Å². The van der Waals surface area contributed by atoms with Crippen molar-refractivity contribution in [2.75, 3.05) is 13.1 Å². The van der Waals surface area contributed by atoms with Gasteiger partial charge in [0.05, 0.1) is 10.9 Å². The van der Waals surface area contributed by atoms with Crippen LogP contribution < -0.4 is 16.4 Å². The summed E-state index contributed by atoms with van der Waals surface area (Å²) in [6.07, 6.45) is 4.03. The molecule has 0 amide bonds. The lowest BCUT2D eigenvalue weighted by molar-refractivity contribution is 0.573. The van der Waals surface area contributed by atoms with Crippen LogP contribution in [0.4, 0.5) is 0 Å². The number of hydrogen-bond acceptors (Lipinski definition) is 5. The van der Waals surface area contributed by atoms with Gasteiger partial charge in [0.25, 0.3) is 5.56 Å². The van der Waals surface area contributed by atoms with Crippen molar-refractivity contribution in [3.05, 3.63) is 40.1 Å². The van der Waals surface area contributed by atoms with Crippen molar-refractivity contribution in [2.45, 2.75) is 19.3 Å². The highest BCUT2D eigenvalue weighted by Crippen LogP contribution is 2.11. The van der Waals surface area contributed by atoms with Gasteiger partial charge in [0.1, 0.15) is 0 Å². The van der Waals surface area contributed by atoms with Crippen LogP contribution in [-0.4, -0.2) is 18.1 Å². The van der Waals surface area contributed by atoms with Crippen LogP contribution in [0.3, 0.4) is 0 Å². The van der Waals surface area contributed by atoms with E-state index < -0.39 is 0 Å². The first-order valence-corrected chi connectivity index (χ1v) is 7.04. The molecule has 3 rings (SSSR count). The summed E-state index contributed by atoms with van der Waals surface area (Å²) >= 11 is 1.48. The second-order valence-electron chi connectivity index (χ2n) is 4.07. The summed E-state index contributed by atoms with van der Waals surface area (Å²) in [7, 11) is 0. The Labute approximate surface area is 122 Å². The van der Waals surface area contributed by atoms with Crippen LogP contribution in [0.5, 0.6) is 0 Å². The molecule has 0 unspecified atom stereocenters. The SMILES string of the molecule is C1CCNNCC1.Cl.O=c1ncsc2ccccc12. The van der Waals surface area contributed by atoms with Crippen LogP contribution in [0.2, 0.25) is 0 Å². The molecular weight excluding hydrogens is 282 g/mol. The number of hydrogen-bond donors (Lipinski definition) is 2. The Balaban J connectivity index is 0.000000198. The number of benzene rings is 1. The Kier molecular flexibility index (Phi) is 7.59. The third kappa shape index (κ3) is 5.24. The minimum absolute atomic E-state index is 0. The summed E-state index contributed by atoms with van der Waals surface area (Å²) in [5, 5.41) is 0.708. The molecule has 1 aromatic heterocycles. The maximum absolute atomic E-state index is 11.1. The van der Waals surface area contributed by atoms with Crippen molar-refractivity contribution in [1.29, 1.82) is 0 Å². The molecule has 0 aliphatic carbocycles. The third-order valence-corrected chi connectivity index (χ3v) is 3.52. The molecule has 2 heterocycles. The highest BCUT2D eigenvalue weighted by Gasteiger charge is 1.95. The van der Waals surface area contributed by atoms with Gasteiger partial charge in [-0.15, -0.1) is 23.7 Å². The molecule has 4 nitrogen and oxygen atoms in total. The smallest absolute Gasteiger partial charge is 0.267 e. The van der Waals surface area contributed by atoms with Crippen molar-refractivity contribution in [1.82, 2.24) is 15.8 Å². The van der Waals surface area contributed by atoms with Gasteiger partial charge >= 0.3 is 0 Å². The molecule has 1 aromatic carbocycles.